The molecule has 0 unspecified atom stereocenters. The Morgan fingerprint density at radius 1 is 1.30 bits per heavy atom. The zero-order valence-electron chi connectivity index (χ0n) is 15.7. The van der Waals surface area contributed by atoms with Gasteiger partial charge >= 0.3 is 5.97 Å². The minimum atomic E-state index is -0.645. The zero-order valence-corrected chi connectivity index (χ0v) is 16.5. The minimum Gasteiger partial charge on any atom is -0.462 e. The molecule has 1 heterocycles. The van der Waals surface area contributed by atoms with E-state index in [9.17, 15) is 18.4 Å². The van der Waals surface area contributed by atoms with E-state index in [4.69, 9.17) is 4.74 Å². The van der Waals surface area contributed by atoms with Gasteiger partial charge in [-0.05, 0) is 45.4 Å². The smallest absolute Gasteiger partial charge is 0.341 e. The summed E-state index contributed by atoms with van der Waals surface area (Å²) < 4.78 is 31.9. The van der Waals surface area contributed by atoms with E-state index in [0.29, 0.717) is 16.1 Å². The number of esters is 1. The van der Waals surface area contributed by atoms with Crippen molar-refractivity contribution in [1.82, 2.24) is 0 Å². The fourth-order valence-corrected chi connectivity index (χ4v) is 3.69. The molecule has 1 aromatic heterocycles. The van der Waals surface area contributed by atoms with Crippen LogP contribution >= 0.6 is 11.3 Å². The van der Waals surface area contributed by atoms with Gasteiger partial charge in [-0.1, -0.05) is 0 Å². The molecule has 2 aromatic rings. The van der Waals surface area contributed by atoms with Crippen LogP contribution in [0.25, 0.3) is 0 Å². The second-order valence-electron chi connectivity index (χ2n) is 6.15. The summed E-state index contributed by atoms with van der Waals surface area (Å²) in [6.45, 7) is 7.39. The molecule has 8 heteroatoms. The van der Waals surface area contributed by atoms with Crippen molar-refractivity contribution in [3.05, 3.63) is 51.4 Å². The molecule has 5 nitrogen and oxygen atoms in total. The SMILES string of the molecule is CCOC(=O)c1c(NC(=O)C[NH2+][C@H](C)c2ccc(F)cc2F)sc(C)c1C. The molecule has 27 heavy (non-hydrogen) atoms. The Kier molecular flexibility index (Phi) is 7.04. The van der Waals surface area contributed by atoms with E-state index < -0.39 is 17.6 Å². The number of nitrogens with two attached hydrogens (primary N) is 1. The molecule has 0 spiro atoms. The highest BCUT2D eigenvalue weighted by atomic mass is 32.1. The van der Waals surface area contributed by atoms with Crippen LogP contribution in [-0.4, -0.2) is 25.0 Å². The van der Waals surface area contributed by atoms with Crippen molar-refractivity contribution in [2.24, 2.45) is 0 Å². The number of benzene rings is 1. The first-order valence-electron chi connectivity index (χ1n) is 8.59. The molecule has 0 aliphatic rings. The van der Waals surface area contributed by atoms with Crippen LogP contribution in [0.3, 0.4) is 0 Å². The number of hydrogen-bond donors (Lipinski definition) is 2. The number of halogens is 2. The third kappa shape index (κ3) is 5.11. The number of aryl methyl sites for hydroxylation is 1. The Bertz CT molecular complexity index is 852. The van der Waals surface area contributed by atoms with Crippen molar-refractivity contribution in [3.63, 3.8) is 0 Å². The van der Waals surface area contributed by atoms with E-state index in [-0.39, 0.29) is 25.1 Å². The highest BCUT2D eigenvalue weighted by Crippen LogP contribution is 2.32. The maximum atomic E-state index is 13.8. The summed E-state index contributed by atoms with van der Waals surface area (Å²) in [6, 6.07) is 3.01. The number of nitrogens with one attached hydrogen (secondary N) is 1. The van der Waals surface area contributed by atoms with Crippen LogP contribution in [0, 0.1) is 25.5 Å². The predicted molar refractivity (Wildman–Crippen MR) is 99.9 cm³/mol. The molecule has 0 fully saturated rings. The van der Waals surface area contributed by atoms with Crippen molar-refractivity contribution in [2.45, 2.75) is 33.7 Å². The molecule has 0 bridgehead atoms. The lowest BCUT2D eigenvalue weighted by molar-refractivity contribution is -0.682. The number of rotatable bonds is 7. The van der Waals surface area contributed by atoms with E-state index in [1.165, 1.54) is 23.5 Å². The van der Waals surface area contributed by atoms with Crippen molar-refractivity contribution < 1.29 is 28.4 Å². The second-order valence-corrected chi connectivity index (χ2v) is 7.38. The van der Waals surface area contributed by atoms with Gasteiger partial charge in [-0.15, -0.1) is 11.3 Å². The molecule has 0 aliphatic heterocycles. The van der Waals surface area contributed by atoms with E-state index >= 15 is 0 Å². The monoisotopic (exact) mass is 397 g/mol. The topological polar surface area (TPSA) is 72.0 Å². The van der Waals surface area contributed by atoms with Gasteiger partial charge in [-0.2, -0.15) is 0 Å². The van der Waals surface area contributed by atoms with Crippen molar-refractivity contribution in [2.75, 3.05) is 18.5 Å². The number of ether oxygens (including phenoxy) is 1. The van der Waals surface area contributed by atoms with Gasteiger partial charge in [0.2, 0.25) is 0 Å². The lowest BCUT2D eigenvalue weighted by Crippen LogP contribution is -2.86. The second kappa shape index (κ2) is 9.05. The van der Waals surface area contributed by atoms with E-state index in [1.807, 2.05) is 6.92 Å². The number of hydrogen-bond acceptors (Lipinski definition) is 4. The quantitative estimate of drug-likeness (QED) is 0.706. The van der Waals surface area contributed by atoms with E-state index in [2.05, 4.69) is 5.32 Å². The highest BCUT2D eigenvalue weighted by Gasteiger charge is 2.23. The van der Waals surface area contributed by atoms with Gasteiger partial charge in [0.05, 0.1) is 12.2 Å². The fraction of sp³-hybridized carbons (Fsp3) is 0.368. The van der Waals surface area contributed by atoms with E-state index in [0.717, 1.165) is 16.5 Å². The molecular formula is C19H23F2N2O3S+. The van der Waals surface area contributed by atoms with Gasteiger partial charge < -0.3 is 15.4 Å². The molecule has 0 aliphatic carbocycles. The number of thiophene rings is 1. The Labute approximate surface area is 160 Å². The average Bonchev–Trinajstić information content (AvgIpc) is 2.86. The van der Waals surface area contributed by atoms with E-state index in [1.54, 1.807) is 26.1 Å². The highest BCUT2D eigenvalue weighted by molar-refractivity contribution is 7.16. The van der Waals surface area contributed by atoms with Crippen molar-refractivity contribution in [1.29, 1.82) is 0 Å². The summed E-state index contributed by atoms with van der Waals surface area (Å²) in [5.41, 5.74) is 1.46. The molecule has 0 radical (unpaired) electrons. The zero-order chi connectivity index (χ0) is 20.1. The van der Waals surface area contributed by atoms with Crippen LogP contribution < -0.4 is 10.6 Å². The van der Waals surface area contributed by atoms with Crippen LogP contribution in [0.15, 0.2) is 18.2 Å². The lowest BCUT2D eigenvalue weighted by atomic mass is 10.1. The van der Waals surface area contributed by atoms with Gasteiger partial charge in [0.25, 0.3) is 5.91 Å². The molecule has 0 saturated heterocycles. The largest absolute Gasteiger partial charge is 0.462 e. The first-order valence-corrected chi connectivity index (χ1v) is 9.41. The van der Waals surface area contributed by atoms with Crippen LogP contribution in [-0.2, 0) is 9.53 Å². The summed E-state index contributed by atoms with van der Waals surface area (Å²) in [5, 5.41) is 4.82. The Balaban J connectivity index is 2.04. The number of quaternary nitrogens is 1. The van der Waals surface area contributed by atoms with Gasteiger partial charge in [0.1, 0.15) is 22.7 Å². The maximum absolute atomic E-state index is 13.8. The Morgan fingerprint density at radius 2 is 2.00 bits per heavy atom. The summed E-state index contributed by atoms with van der Waals surface area (Å²) in [7, 11) is 0. The van der Waals surface area contributed by atoms with Crippen LogP contribution in [0.2, 0.25) is 0 Å². The molecular weight excluding hydrogens is 374 g/mol. The molecule has 1 aromatic carbocycles. The third-order valence-electron chi connectivity index (χ3n) is 4.23. The first kappa shape index (κ1) is 21.0. The molecule has 1 amide bonds. The molecule has 146 valence electrons. The fourth-order valence-electron chi connectivity index (χ4n) is 2.62. The van der Waals surface area contributed by atoms with Gasteiger partial charge in [0.15, 0.2) is 6.54 Å². The molecule has 3 N–H and O–H groups in total. The van der Waals surface area contributed by atoms with Gasteiger partial charge in [0, 0.05) is 16.5 Å². The Hall–Kier alpha value is -2.32. The minimum absolute atomic E-state index is 0.0241. The first-order chi connectivity index (χ1) is 12.7. The van der Waals surface area contributed by atoms with Gasteiger partial charge in [-0.25, -0.2) is 13.6 Å². The van der Waals surface area contributed by atoms with Crippen molar-refractivity contribution >= 4 is 28.2 Å². The van der Waals surface area contributed by atoms with Gasteiger partial charge in [-0.3, -0.25) is 4.79 Å². The van der Waals surface area contributed by atoms with Crippen molar-refractivity contribution in [3.8, 4) is 0 Å². The Morgan fingerprint density at radius 3 is 2.63 bits per heavy atom. The summed E-state index contributed by atoms with van der Waals surface area (Å²) in [4.78, 5) is 25.4. The maximum Gasteiger partial charge on any atom is 0.341 e. The third-order valence-corrected chi connectivity index (χ3v) is 5.35. The molecule has 1 atom stereocenters. The standard InChI is InChI=1S/C19H22F2N2O3S/c1-5-26-19(25)17-10(2)12(4)27-18(17)23-16(24)9-22-11(3)14-7-6-13(20)8-15(14)21/h6-8,11,22H,5,9H2,1-4H3,(H,23,24)/p+1/t11-/m1/s1. The number of anilines is 1. The predicted octanol–water partition coefficient (Wildman–Crippen LogP) is 3.08. The molecule has 0 saturated carbocycles. The molecule has 2 rings (SSSR count). The summed E-state index contributed by atoms with van der Waals surface area (Å²) >= 11 is 1.31. The number of carbonyl (C=O) groups is 2. The summed E-state index contributed by atoms with van der Waals surface area (Å²) in [5.74, 6) is -2.08. The average molecular weight is 397 g/mol. The lowest BCUT2D eigenvalue weighted by Gasteiger charge is -2.12. The van der Waals surface area contributed by atoms with Crippen LogP contribution in [0.4, 0.5) is 13.8 Å². The van der Waals surface area contributed by atoms with Crippen LogP contribution in [0.5, 0.6) is 0 Å². The normalized spacial score (nSPS) is 11.9. The number of amides is 1. The summed E-state index contributed by atoms with van der Waals surface area (Å²) in [6.07, 6.45) is 0. The number of carbonyl (C=O) groups excluding carboxylic acids is 2. The van der Waals surface area contributed by atoms with Crippen LogP contribution in [0.1, 0.15) is 46.3 Å².